The second-order valence-electron chi connectivity index (χ2n) is 3.45. The van der Waals surface area contributed by atoms with E-state index < -0.39 is 11.8 Å². The van der Waals surface area contributed by atoms with Crippen molar-refractivity contribution >= 4 is 28.6 Å². The lowest BCUT2D eigenvalue weighted by Gasteiger charge is -2.07. The Morgan fingerprint density at radius 1 is 1.58 bits per heavy atom. The number of nitrogens with zero attached hydrogens (tertiary/aromatic N) is 2. The highest BCUT2D eigenvalue weighted by molar-refractivity contribution is 8.13. The van der Waals surface area contributed by atoms with Crippen LogP contribution >= 0.6 is 11.8 Å². The molecule has 7 heteroatoms. The van der Waals surface area contributed by atoms with E-state index in [4.69, 9.17) is 5.26 Å². The largest absolute Gasteiger partial charge is 0.465 e. The lowest BCUT2D eigenvalue weighted by Crippen LogP contribution is -2.12. The molecule has 0 spiro atoms. The number of thioether (sulfide) groups is 1. The molecule has 0 radical (unpaired) electrons. The van der Waals surface area contributed by atoms with E-state index in [1.807, 2.05) is 0 Å². The maximum Gasteiger partial charge on any atom is 0.338 e. The molecule has 1 rings (SSSR count). The van der Waals surface area contributed by atoms with Crippen LogP contribution in [0.5, 0.6) is 0 Å². The predicted octanol–water partition coefficient (Wildman–Crippen LogP) is 2.34. The van der Waals surface area contributed by atoms with E-state index in [2.05, 4.69) is 15.0 Å². The van der Waals surface area contributed by atoms with E-state index in [1.165, 1.54) is 24.9 Å². The first kappa shape index (κ1) is 15.0. The number of aliphatic imine (C=N–C) groups is 1. The second kappa shape index (κ2) is 6.75. The van der Waals surface area contributed by atoms with Gasteiger partial charge in [0.25, 0.3) is 0 Å². The average Bonchev–Trinajstić information content (AvgIpc) is 2.41. The molecule has 0 aliphatic rings. The summed E-state index contributed by atoms with van der Waals surface area (Å²) in [7, 11) is 1.22. The van der Waals surface area contributed by atoms with Gasteiger partial charge in [0.1, 0.15) is 5.82 Å². The van der Waals surface area contributed by atoms with Crippen LogP contribution in [0.4, 0.5) is 10.1 Å². The van der Waals surface area contributed by atoms with Gasteiger partial charge in [-0.05, 0) is 25.3 Å². The van der Waals surface area contributed by atoms with Crippen LogP contribution < -0.4 is 5.32 Å². The number of esters is 1. The summed E-state index contributed by atoms with van der Waals surface area (Å²) in [5.74, 6) is -1.20. The zero-order valence-corrected chi connectivity index (χ0v) is 11.5. The zero-order chi connectivity index (χ0) is 14.4. The number of ether oxygens (including phenoxy) is 1. The molecule has 100 valence electrons. The molecule has 5 nitrogen and oxygen atoms in total. The molecule has 0 amide bonds. The minimum Gasteiger partial charge on any atom is -0.465 e. The van der Waals surface area contributed by atoms with Crippen molar-refractivity contribution in [2.24, 2.45) is 4.99 Å². The summed E-state index contributed by atoms with van der Waals surface area (Å²) < 4.78 is 18.2. The van der Waals surface area contributed by atoms with Gasteiger partial charge in [-0.15, -0.1) is 0 Å². The Morgan fingerprint density at radius 3 is 2.79 bits per heavy atom. The number of amidine groups is 1. The number of methoxy groups -OCH3 is 1. The van der Waals surface area contributed by atoms with Crippen LogP contribution in [0.2, 0.25) is 0 Å². The normalized spacial score (nSPS) is 10.8. The Hall–Kier alpha value is -2.07. The van der Waals surface area contributed by atoms with E-state index in [-0.39, 0.29) is 11.3 Å². The SMILES string of the molecule is COC(=O)c1cc(F)c(C)c(N=C(NC#N)SC)c1. The van der Waals surface area contributed by atoms with Gasteiger partial charge in [0.2, 0.25) is 0 Å². The van der Waals surface area contributed by atoms with Gasteiger partial charge >= 0.3 is 5.97 Å². The number of hydrogen-bond donors (Lipinski definition) is 1. The minimum absolute atomic E-state index is 0.0711. The van der Waals surface area contributed by atoms with Gasteiger partial charge in [0, 0.05) is 5.56 Å². The molecular formula is C12H12FN3O2S. The Labute approximate surface area is 114 Å². The number of carbonyl (C=O) groups is 1. The zero-order valence-electron chi connectivity index (χ0n) is 10.7. The van der Waals surface area contributed by atoms with Crippen molar-refractivity contribution in [2.45, 2.75) is 6.92 Å². The van der Waals surface area contributed by atoms with Crippen LogP contribution in [-0.2, 0) is 4.74 Å². The first-order valence-corrected chi connectivity index (χ1v) is 6.42. The van der Waals surface area contributed by atoms with Gasteiger partial charge in [-0.25, -0.2) is 14.2 Å². The van der Waals surface area contributed by atoms with Gasteiger partial charge in [0.15, 0.2) is 11.4 Å². The molecule has 0 aliphatic heterocycles. The number of halogens is 1. The van der Waals surface area contributed by atoms with E-state index in [0.717, 1.165) is 6.07 Å². The Bertz CT molecular complexity index is 567. The van der Waals surface area contributed by atoms with Crippen molar-refractivity contribution < 1.29 is 13.9 Å². The van der Waals surface area contributed by atoms with Gasteiger partial charge < -0.3 is 4.74 Å². The quantitative estimate of drug-likeness (QED) is 0.296. The van der Waals surface area contributed by atoms with E-state index in [0.29, 0.717) is 10.7 Å². The summed E-state index contributed by atoms with van der Waals surface area (Å²) >= 11 is 1.20. The predicted molar refractivity (Wildman–Crippen MR) is 71.8 cm³/mol. The lowest BCUT2D eigenvalue weighted by molar-refractivity contribution is 0.0600. The number of nitriles is 1. The van der Waals surface area contributed by atoms with Crippen LogP contribution in [0.1, 0.15) is 15.9 Å². The Morgan fingerprint density at radius 2 is 2.26 bits per heavy atom. The summed E-state index contributed by atoms with van der Waals surface area (Å²) in [4.78, 5) is 15.5. The van der Waals surface area contributed by atoms with E-state index in [9.17, 15) is 9.18 Å². The molecule has 1 N–H and O–H groups in total. The van der Waals surface area contributed by atoms with E-state index >= 15 is 0 Å². The molecule has 0 aliphatic carbocycles. The minimum atomic E-state index is -0.644. The average molecular weight is 281 g/mol. The third-order valence-corrected chi connectivity index (χ3v) is 2.90. The second-order valence-corrected chi connectivity index (χ2v) is 4.25. The molecule has 0 saturated heterocycles. The van der Waals surface area contributed by atoms with Crippen molar-refractivity contribution in [3.05, 3.63) is 29.1 Å². The highest BCUT2D eigenvalue weighted by Crippen LogP contribution is 2.25. The molecule has 0 unspecified atom stereocenters. The fraction of sp³-hybridized carbons (Fsp3) is 0.250. The molecule has 0 fully saturated rings. The summed E-state index contributed by atoms with van der Waals surface area (Å²) in [5.41, 5.74) is 0.633. The van der Waals surface area contributed by atoms with Crippen molar-refractivity contribution in [2.75, 3.05) is 13.4 Å². The van der Waals surface area contributed by atoms with Crippen LogP contribution in [0.15, 0.2) is 17.1 Å². The van der Waals surface area contributed by atoms with Crippen molar-refractivity contribution in [3.8, 4) is 6.19 Å². The molecule has 0 bridgehead atoms. The molecule has 0 atom stereocenters. The first-order chi connectivity index (χ1) is 9.03. The highest BCUT2D eigenvalue weighted by atomic mass is 32.2. The molecule has 0 heterocycles. The highest BCUT2D eigenvalue weighted by Gasteiger charge is 2.13. The maximum atomic E-state index is 13.7. The summed E-state index contributed by atoms with van der Waals surface area (Å²) in [5, 5.41) is 11.2. The fourth-order valence-electron chi connectivity index (χ4n) is 1.30. The molecule has 0 saturated carbocycles. The van der Waals surface area contributed by atoms with Gasteiger partial charge in [-0.1, -0.05) is 11.8 Å². The monoisotopic (exact) mass is 281 g/mol. The van der Waals surface area contributed by atoms with Crippen LogP contribution in [0, 0.1) is 24.2 Å². The van der Waals surface area contributed by atoms with Gasteiger partial charge in [0.05, 0.1) is 18.4 Å². The number of carbonyl (C=O) groups excluding carboxylic acids is 1. The molecule has 0 aromatic heterocycles. The van der Waals surface area contributed by atoms with E-state index in [1.54, 1.807) is 19.4 Å². The third-order valence-electron chi connectivity index (χ3n) is 2.32. The summed E-state index contributed by atoms with van der Waals surface area (Å²) in [6.07, 6.45) is 3.46. The topological polar surface area (TPSA) is 74.5 Å². The molecule has 1 aromatic rings. The Kier molecular flexibility index (Phi) is 5.33. The number of benzene rings is 1. The van der Waals surface area contributed by atoms with Crippen molar-refractivity contribution in [1.29, 1.82) is 5.26 Å². The summed E-state index contributed by atoms with van der Waals surface area (Å²) in [6.45, 7) is 1.54. The first-order valence-electron chi connectivity index (χ1n) is 5.19. The number of rotatable bonds is 2. The standard InChI is InChI=1S/C12H12FN3O2S/c1-7-9(13)4-8(11(17)18-2)5-10(7)16-12(19-3)15-6-14/h4-5H,1-3H3,(H,15,16). The summed E-state index contributed by atoms with van der Waals surface area (Å²) in [6, 6.07) is 2.51. The molecular weight excluding hydrogens is 269 g/mol. The fourth-order valence-corrected chi connectivity index (χ4v) is 1.64. The van der Waals surface area contributed by atoms with Gasteiger partial charge in [-0.3, -0.25) is 5.32 Å². The van der Waals surface area contributed by atoms with Gasteiger partial charge in [-0.2, -0.15) is 5.26 Å². The third kappa shape index (κ3) is 3.69. The number of nitrogens with one attached hydrogen (secondary N) is 1. The smallest absolute Gasteiger partial charge is 0.338 e. The number of hydrogen-bond acceptors (Lipinski definition) is 5. The Balaban J connectivity index is 3.30. The molecule has 19 heavy (non-hydrogen) atoms. The van der Waals surface area contributed by atoms with Crippen LogP contribution in [-0.4, -0.2) is 24.5 Å². The van der Waals surface area contributed by atoms with Crippen LogP contribution in [0.25, 0.3) is 0 Å². The van der Waals surface area contributed by atoms with Crippen molar-refractivity contribution in [3.63, 3.8) is 0 Å². The maximum absolute atomic E-state index is 13.7. The van der Waals surface area contributed by atoms with Crippen molar-refractivity contribution in [1.82, 2.24) is 5.32 Å². The molecule has 1 aromatic carbocycles. The van der Waals surface area contributed by atoms with Crippen LogP contribution in [0.3, 0.4) is 0 Å². The lowest BCUT2D eigenvalue weighted by atomic mass is 10.1.